The van der Waals surface area contributed by atoms with Gasteiger partial charge in [0.05, 0.1) is 0 Å². The predicted molar refractivity (Wildman–Crippen MR) is 81.8 cm³/mol. The lowest BCUT2D eigenvalue weighted by atomic mass is 9.87. The predicted octanol–water partition coefficient (Wildman–Crippen LogP) is 2.96. The Labute approximate surface area is 117 Å². The summed E-state index contributed by atoms with van der Waals surface area (Å²) in [6, 6.07) is 4.93. The molecule has 1 fully saturated rings. The van der Waals surface area contributed by atoms with Crippen LogP contribution in [0.5, 0.6) is 0 Å². The molecule has 1 aromatic rings. The maximum Gasteiger partial charge on any atom is 0.128 e. The van der Waals surface area contributed by atoms with Crippen LogP contribution in [0.15, 0.2) is 18.3 Å². The van der Waals surface area contributed by atoms with E-state index in [4.69, 9.17) is 0 Å². The number of nitrogens with one attached hydrogen (secondary N) is 1. The van der Waals surface area contributed by atoms with E-state index in [1.165, 1.54) is 5.56 Å². The highest BCUT2D eigenvalue weighted by molar-refractivity contribution is 5.46. The number of hydrogen-bond donors (Lipinski definition) is 1. The first-order chi connectivity index (χ1) is 8.65. The first-order valence-electron chi connectivity index (χ1n) is 7.14. The van der Waals surface area contributed by atoms with Gasteiger partial charge < -0.3 is 10.2 Å². The molecule has 0 aliphatic carbocycles. The van der Waals surface area contributed by atoms with Gasteiger partial charge in [-0.2, -0.15) is 0 Å². The third-order valence-corrected chi connectivity index (χ3v) is 3.45. The van der Waals surface area contributed by atoms with Crippen LogP contribution >= 0.6 is 0 Å². The van der Waals surface area contributed by atoms with Crippen LogP contribution < -0.4 is 10.2 Å². The normalized spacial score (nSPS) is 17.5. The highest BCUT2D eigenvalue weighted by atomic mass is 15.3. The van der Waals surface area contributed by atoms with Gasteiger partial charge in [0.2, 0.25) is 0 Å². The molecule has 0 unspecified atom stereocenters. The van der Waals surface area contributed by atoms with Gasteiger partial charge in [-0.1, -0.05) is 20.8 Å². The molecule has 106 valence electrons. The molecular formula is C16H27N3. The molecule has 1 N–H and O–H groups in total. The molecule has 3 heteroatoms. The number of aromatic nitrogens is 1. The highest BCUT2D eigenvalue weighted by Crippen LogP contribution is 2.27. The van der Waals surface area contributed by atoms with Gasteiger partial charge in [0, 0.05) is 30.9 Å². The summed E-state index contributed by atoms with van der Waals surface area (Å²) < 4.78 is 0. The molecule has 0 bridgehead atoms. The number of anilines is 1. The van der Waals surface area contributed by atoms with Crippen molar-refractivity contribution in [1.82, 2.24) is 10.3 Å². The van der Waals surface area contributed by atoms with Crippen molar-refractivity contribution >= 4 is 5.82 Å². The maximum atomic E-state index is 4.50. The molecule has 0 radical (unpaired) electrons. The summed E-state index contributed by atoms with van der Waals surface area (Å²) in [4.78, 5) is 6.85. The molecule has 0 saturated carbocycles. The monoisotopic (exact) mass is 261 g/mol. The third-order valence-electron chi connectivity index (χ3n) is 3.45. The number of nitrogens with zero attached hydrogens (tertiary/aromatic N) is 2. The van der Waals surface area contributed by atoms with Crippen molar-refractivity contribution < 1.29 is 0 Å². The Bertz CT molecular complexity index is 434. The highest BCUT2D eigenvalue weighted by Gasteiger charge is 2.30. The van der Waals surface area contributed by atoms with Crippen molar-refractivity contribution in [3.8, 4) is 0 Å². The maximum absolute atomic E-state index is 4.50. The van der Waals surface area contributed by atoms with E-state index in [0.29, 0.717) is 6.04 Å². The molecule has 1 aliphatic heterocycles. The second-order valence-electron chi connectivity index (χ2n) is 7.65. The largest absolute Gasteiger partial charge is 0.353 e. The van der Waals surface area contributed by atoms with Gasteiger partial charge in [0.25, 0.3) is 0 Å². The van der Waals surface area contributed by atoms with E-state index < -0.39 is 0 Å². The molecule has 0 atom stereocenters. The number of hydrogen-bond acceptors (Lipinski definition) is 3. The fourth-order valence-electron chi connectivity index (χ4n) is 2.43. The molecule has 1 saturated heterocycles. The summed E-state index contributed by atoms with van der Waals surface area (Å²) in [5.74, 6) is 1.11. The van der Waals surface area contributed by atoms with Crippen LogP contribution in [0.1, 0.15) is 47.1 Å². The minimum Gasteiger partial charge on any atom is -0.353 e. The van der Waals surface area contributed by atoms with Gasteiger partial charge in [-0.3, -0.25) is 0 Å². The van der Waals surface area contributed by atoms with Crippen molar-refractivity contribution in [1.29, 1.82) is 0 Å². The van der Waals surface area contributed by atoms with E-state index >= 15 is 0 Å². The average molecular weight is 261 g/mol. The van der Waals surface area contributed by atoms with E-state index in [0.717, 1.165) is 18.9 Å². The molecule has 0 spiro atoms. The van der Waals surface area contributed by atoms with E-state index in [1.54, 1.807) is 0 Å². The van der Waals surface area contributed by atoms with Crippen LogP contribution in [-0.2, 0) is 5.41 Å². The fraction of sp³-hybridized carbons (Fsp3) is 0.688. The molecule has 19 heavy (non-hydrogen) atoms. The first-order valence-corrected chi connectivity index (χ1v) is 7.14. The van der Waals surface area contributed by atoms with Crippen LogP contribution in [0.25, 0.3) is 0 Å². The summed E-state index contributed by atoms with van der Waals surface area (Å²) in [5, 5.41) is 3.63. The fourth-order valence-corrected chi connectivity index (χ4v) is 2.43. The zero-order valence-electron chi connectivity index (χ0n) is 13.1. The molecule has 0 amide bonds. The van der Waals surface area contributed by atoms with Gasteiger partial charge in [-0.05, 0) is 43.9 Å². The number of rotatable bonds is 2. The van der Waals surface area contributed by atoms with Crippen LogP contribution in [0.4, 0.5) is 5.82 Å². The van der Waals surface area contributed by atoms with E-state index in [-0.39, 0.29) is 11.0 Å². The Hall–Kier alpha value is -1.09. The average Bonchev–Trinajstić information content (AvgIpc) is 2.20. The van der Waals surface area contributed by atoms with Crippen LogP contribution in [-0.4, -0.2) is 29.7 Å². The molecular weight excluding hydrogens is 234 g/mol. The molecule has 2 rings (SSSR count). The van der Waals surface area contributed by atoms with Crippen LogP contribution in [0.3, 0.4) is 0 Å². The Morgan fingerprint density at radius 1 is 1.16 bits per heavy atom. The second-order valence-corrected chi connectivity index (χ2v) is 7.65. The Morgan fingerprint density at radius 2 is 1.79 bits per heavy atom. The molecule has 3 nitrogen and oxygen atoms in total. The molecule has 1 aromatic heterocycles. The SMILES string of the molecule is CC(C)(C)NC1CN(c2cc(C(C)(C)C)ccn2)C1. The molecule has 1 aliphatic rings. The third kappa shape index (κ3) is 3.69. The van der Waals surface area contributed by atoms with Gasteiger partial charge in [0.15, 0.2) is 0 Å². The topological polar surface area (TPSA) is 28.2 Å². The lowest BCUT2D eigenvalue weighted by Gasteiger charge is -2.44. The molecule has 0 aromatic carbocycles. The van der Waals surface area contributed by atoms with Gasteiger partial charge in [0.1, 0.15) is 5.82 Å². The minimum atomic E-state index is 0.186. The summed E-state index contributed by atoms with van der Waals surface area (Å²) in [6.07, 6.45) is 1.93. The Kier molecular flexibility index (Phi) is 3.61. The van der Waals surface area contributed by atoms with E-state index in [1.807, 2.05) is 6.20 Å². The van der Waals surface area contributed by atoms with Crippen molar-refractivity contribution in [3.05, 3.63) is 23.9 Å². The lowest BCUT2D eigenvalue weighted by Crippen LogP contribution is -2.62. The summed E-state index contributed by atoms with van der Waals surface area (Å²) >= 11 is 0. The van der Waals surface area contributed by atoms with E-state index in [2.05, 4.69) is 68.9 Å². The standard InChI is InChI=1S/C16H27N3/c1-15(2,3)12-7-8-17-14(9-12)19-10-13(11-19)18-16(4,5)6/h7-9,13,18H,10-11H2,1-6H3. The van der Waals surface area contributed by atoms with Gasteiger partial charge >= 0.3 is 0 Å². The van der Waals surface area contributed by atoms with Crippen molar-refractivity contribution in [3.63, 3.8) is 0 Å². The minimum absolute atomic E-state index is 0.186. The number of pyridine rings is 1. The molecule has 2 heterocycles. The van der Waals surface area contributed by atoms with Gasteiger partial charge in [-0.25, -0.2) is 4.98 Å². The van der Waals surface area contributed by atoms with E-state index in [9.17, 15) is 0 Å². The van der Waals surface area contributed by atoms with Crippen molar-refractivity contribution in [2.45, 2.75) is 58.5 Å². The van der Waals surface area contributed by atoms with Crippen LogP contribution in [0.2, 0.25) is 0 Å². The van der Waals surface area contributed by atoms with Crippen molar-refractivity contribution in [2.75, 3.05) is 18.0 Å². The lowest BCUT2D eigenvalue weighted by molar-refractivity contribution is 0.315. The Balaban J connectivity index is 1.99. The first kappa shape index (κ1) is 14.3. The smallest absolute Gasteiger partial charge is 0.128 e. The van der Waals surface area contributed by atoms with Gasteiger partial charge in [-0.15, -0.1) is 0 Å². The second kappa shape index (κ2) is 4.78. The quantitative estimate of drug-likeness (QED) is 0.887. The van der Waals surface area contributed by atoms with Crippen LogP contribution in [0, 0.1) is 0 Å². The zero-order valence-corrected chi connectivity index (χ0v) is 13.1. The van der Waals surface area contributed by atoms with Crippen molar-refractivity contribution in [2.24, 2.45) is 0 Å². The Morgan fingerprint density at radius 3 is 2.32 bits per heavy atom. The summed E-state index contributed by atoms with van der Waals surface area (Å²) in [5.41, 5.74) is 1.73. The summed E-state index contributed by atoms with van der Waals surface area (Å²) in [6.45, 7) is 15.5. The summed E-state index contributed by atoms with van der Waals surface area (Å²) in [7, 11) is 0. The zero-order chi connectivity index (χ0) is 14.3.